The van der Waals surface area contributed by atoms with Gasteiger partial charge in [-0.25, -0.2) is 8.42 Å². The van der Waals surface area contributed by atoms with Crippen molar-refractivity contribution < 1.29 is 23.1 Å². The second-order valence-corrected chi connectivity index (χ2v) is 6.40. The summed E-state index contributed by atoms with van der Waals surface area (Å²) in [4.78, 5) is 22.0. The number of aryl methyl sites for hydroxylation is 1. The first-order valence-electron chi connectivity index (χ1n) is 6.40. The van der Waals surface area contributed by atoms with Crippen LogP contribution in [-0.2, 0) is 21.9 Å². The number of nitrogens with two attached hydrogens (primary N) is 1. The molecule has 118 valence electrons. The van der Waals surface area contributed by atoms with Crippen molar-refractivity contribution in [1.29, 1.82) is 0 Å². The van der Waals surface area contributed by atoms with E-state index in [-0.39, 0.29) is 17.0 Å². The molecule has 0 spiro atoms. The van der Waals surface area contributed by atoms with Crippen molar-refractivity contribution in [1.82, 2.24) is 9.29 Å². The quantitative estimate of drug-likeness (QED) is 0.623. The third-order valence-corrected chi connectivity index (χ3v) is 4.42. The predicted molar refractivity (Wildman–Crippen MR) is 75.2 cm³/mol. The highest BCUT2D eigenvalue weighted by Crippen LogP contribution is 2.14. The number of hydrogen-bond acceptors (Lipinski definition) is 4. The van der Waals surface area contributed by atoms with Gasteiger partial charge in [-0.15, -0.1) is 0 Å². The number of aliphatic carboxylic acids is 1. The summed E-state index contributed by atoms with van der Waals surface area (Å²) < 4.78 is 27.7. The fourth-order valence-electron chi connectivity index (χ4n) is 1.82. The lowest BCUT2D eigenvalue weighted by molar-refractivity contribution is -0.139. The zero-order chi connectivity index (χ0) is 16.2. The SMILES string of the molecule is CCCC[C@H](NS(=O)(=O)c1cc(C(N)=O)n(C)c1)C(=O)O. The number of primary amides is 1. The zero-order valence-corrected chi connectivity index (χ0v) is 12.7. The van der Waals surface area contributed by atoms with Crippen LogP contribution in [0.2, 0.25) is 0 Å². The topological polar surface area (TPSA) is 131 Å². The lowest BCUT2D eigenvalue weighted by Crippen LogP contribution is -2.40. The Kier molecular flexibility index (Phi) is 5.50. The summed E-state index contributed by atoms with van der Waals surface area (Å²) in [6.07, 6.45) is 2.74. The van der Waals surface area contributed by atoms with Crippen LogP contribution in [0.3, 0.4) is 0 Å². The van der Waals surface area contributed by atoms with Crippen molar-refractivity contribution in [3.63, 3.8) is 0 Å². The maximum absolute atomic E-state index is 12.2. The van der Waals surface area contributed by atoms with Gasteiger partial charge in [-0.3, -0.25) is 9.59 Å². The summed E-state index contributed by atoms with van der Waals surface area (Å²) in [5.74, 6) is -2.00. The molecule has 0 unspecified atom stereocenters. The van der Waals surface area contributed by atoms with Crippen LogP contribution in [0.25, 0.3) is 0 Å². The molecule has 21 heavy (non-hydrogen) atoms. The molecule has 1 atom stereocenters. The first-order chi connectivity index (χ1) is 9.69. The van der Waals surface area contributed by atoms with Gasteiger partial charge in [-0.2, -0.15) is 4.72 Å². The molecule has 1 aromatic heterocycles. The van der Waals surface area contributed by atoms with E-state index in [0.29, 0.717) is 6.42 Å². The molecular formula is C12H19N3O5S. The predicted octanol–water partition coefficient (Wildman–Crippen LogP) is 0.0457. The van der Waals surface area contributed by atoms with Gasteiger partial charge in [0.15, 0.2) is 0 Å². The number of hydrogen-bond donors (Lipinski definition) is 3. The molecule has 4 N–H and O–H groups in total. The lowest BCUT2D eigenvalue weighted by atomic mass is 10.1. The van der Waals surface area contributed by atoms with Crippen LogP contribution in [0.1, 0.15) is 36.7 Å². The van der Waals surface area contributed by atoms with Gasteiger partial charge < -0.3 is 15.4 Å². The molecule has 0 bridgehead atoms. The Hall–Kier alpha value is -1.87. The molecule has 1 heterocycles. The summed E-state index contributed by atoms with van der Waals surface area (Å²) in [6, 6.07) is -0.0872. The molecule has 0 aliphatic carbocycles. The summed E-state index contributed by atoms with van der Waals surface area (Å²) in [5, 5.41) is 9.05. The van der Waals surface area contributed by atoms with Crippen molar-refractivity contribution in [2.45, 2.75) is 37.1 Å². The van der Waals surface area contributed by atoms with Crippen molar-refractivity contribution >= 4 is 21.9 Å². The van der Waals surface area contributed by atoms with Crippen LogP contribution in [0.5, 0.6) is 0 Å². The third kappa shape index (κ3) is 4.30. The van der Waals surface area contributed by atoms with Crippen molar-refractivity contribution in [2.24, 2.45) is 12.8 Å². The summed E-state index contributed by atoms with van der Waals surface area (Å²) in [7, 11) is -2.55. The number of nitrogens with one attached hydrogen (secondary N) is 1. The summed E-state index contributed by atoms with van der Waals surface area (Å²) in [6.45, 7) is 1.88. The van der Waals surface area contributed by atoms with Crippen LogP contribution in [0.4, 0.5) is 0 Å². The van der Waals surface area contributed by atoms with Gasteiger partial charge in [-0.1, -0.05) is 19.8 Å². The number of unbranched alkanes of at least 4 members (excludes halogenated alkanes) is 1. The van der Waals surface area contributed by atoms with E-state index >= 15 is 0 Å². The Morgan fingerprint density at radius 3 is 2.52 bits per heavy atom. The number of carbonyl (C=O) groups excluding carboxylic acids is 1. The minimum atomic E-state index is -4.03. The summed E-state index contributed by atoms with van der Waals surface area (Å²) in [5.41, 5.74) is 5.14. The molecule has 0 aliphatic heterocycles. The van der Waals surface area contributed by atoms with E-state index in [9.17, 15) is 18.0 Å². The van der Waals surface area contributed by atoms with Crippen LogP contribution >= 0.6 is 0 Å². The Balaban J connectivity index is 3.02. The highest BCUT2D eigenvalue weighted by atomic mass is 32.2. The summed E-state index contributed by atoms with van der Waals surface area (Å²) >= 11 is 0. The molecule has 0 saturated heterocycles. The number of carboxylic acids is 1. The Labute approximate surface area is 123 Å². The van der Waals surface area contributed by atoms with Crippen molar-refractivity contribution in [3.8, 4) is 0 Å². The first-order valence-corrected chi connectivity index (χ1v) is 7.88. The zero-order valence-electron chi connectivity index (χ0n) is 11.9. The standard InChI is InChI=1S/C12H19N3O5S/c1-3-4-5-9(12(17)18)14-21(19,20)8-6-10(11(13)16)15(2)7-8/h6-7,9,14H,3-5H2,1-2H3,(H2,13,16)(H,17,18)/t9-/m0/s1. The average molecular weight is 317 g/mol. The molecule has 8 nitrogen and oxygen atoms in total. The highest BCUT2D eigenvalue weighted by molar-refractivity contribution is 7.89. The minimum absolute atomic E-state index is 0.0239. The third-order valence-electron chi connectivity index (χ3n) is 2.98. The minimum Gasteiger partial charge on any atom is -0.480 e. The van der Waals surface area contributed by atoms with Gasteiger partial charge >= 0.3 is 5.97 Å². The molecule has 0 aliphatic rings. The number of aromatic nitrogens is 1. The fourth-order valence-corrected chi connectivity index (χ4v) is 3.12. The number of sulfonamides is 1. The van der Waals surface area contributed by atoms with Crippen molar-refractivity contribution in [2.75, 3.05) is 0 Å². The maximum Gasteiger partial charge on any atom is 0.321 e. The molecule has 0 aromatic carbocycles. The van der Waals surface area contributed by atoms with Crippen LogP contribution in [-0.4, -0.2) is 36.0 Å². The molecular weight excluding hydrogens is 298 g/mol. The number of rotatable bonds is 8. The fraction of sp³-hybridized carbons (Fsp3) is 0.500. The molecule has 0 saturated carbocycles. The number of carbonyl (C=O) groups is 2. The highest BCUT2D eigenvalue weighted by Gasteiger charge is 2.26. The second kappa shape index (κ2) is 6.72. The van der Waals surface area contributed by atoms with Gasteiger partial charge in [0.2, 0.25) is 10.0 Å². The first kappa shape index (κ1) is 17.2. The Bertz CT molecular complexity index is 635. The van der Waals surface area contributed by atoms with E-state index in [4.69, 9.17) is 10.8 Å². The van der Waals surface area contributed by atoms with E-state index in [0.717, 1.165) is 12.5 Å². The van der Waals surface area contributed by atoms with Crippen LogP contribution < -0.4 is 10.5 Å². The van der Waals surface area contributed by atoms with Crippen LogP contribution in [0.15, 0.2) is 17.2 Å². The van der Waals surface area contributed by atoms with E-state index in [1.54, 1.807) is 0 Å². The van der Waals surface area contributed by atoms with E-state index in [1.165, 1.54) is 17.8 Å². The lowest BCUT2D eigenvalue weighted by Gasteiger charge is -2.13. The molecule has 1 aromatic rings. The smallest absolute Gasteiger partial charge is 0.321 e. The molecule has 0 fully saturated rings. The monoisotopic (exact) mass is 317 g/mol. The van der Waals surface area contributed by atoms with Gasteiger partial charge in [0.25, 0.3) is 5.91 Å². The van der Waals surface area contributed by atoms with Crippen LogP contribution in [0, 0.1) is 0 Å². The Morgan fingerprint density at radius 1 is 1.48 bits per heavy atom. The Morgan fingerprint density at radius 2 is 2.10 bits per heavy atom. The number of carboxylic acid groups (broad SMARTS) is 1. The van der Waals surface area contributed by atoms with Gasteiger partial charge in [-0.05, 0) is 12.5 Å². The molecule has 1 amide bonds. The van der Waals surface area contributed by atoms with Gasteiger partial charge in [0, 0.05) is 13.2 Å². The van der Waals surface area contributed by atoms with E-state index in [2.05, 4.69) is 4.72 Å². The largest absolute Gasteiger partial charge is 0.480 e. The molecule has 9 heteroatoms. The van der Waals surface area contributed by atoms with Crippen molar-refractivity contribution in [3.05, 3.63) is 18.0 Å². The normalized spacial score (nSPS) is 13.0. The number of amides is 1. The van der Waals surface area contributed by atoms with E-state index < -0.39 is 27.9 Å². The average Bonchev–Trinajstić information content (AvgIpc) is 2.77. The van der Waals surface area contributed by atoms with E-state index in [1.807, 2.05) is 6.92 Å². The second-order valence-electron chi connectivity index (χ2n) is 4.69. The molecule has 0 radical (unpaired) electrons. The maximum atomic E-state index is 12.2. The van der Waals surface area contributed by atoms with Gasteiger partial charge in [0.1, 0.15) is 16.6 Å². The molecule has 1 rings (SSSR count). The van der Waals surface area contributed by atoms with Gasteiger partial charge in [0.05, 0.1) is 0 Å². The number of nitrogens with zero attached hydrogens (tertiary/aromatic N) is 1.